The van der Waals surface area contributed by atoms with Crippen LogP contribution in [0, 0.1) is 11.3 Å². The molecule has 0 amide bonds. The molecule has 106 valence electrons. The van der Waals surface area contributed by atoms with E-state index >= 15 is 0 Å². The molecule has 0 aromatic carbocycles. The molecule has 1 heterocycles. The first-order valence-corrected chi connectivity index (χ1v) is 7.72. The molecule has 2 aliphatic rings. The Bertz CT molecular complexity index is 264. The molecule has 1 saturated carbocycles. The molecule has 1 aliphatic carbocycles. The van der Waals surface area contributed by atoms with Gasteiger partial charge in [0.15, 0.2) is 0 Å². The molecule has 3 heteroatoms. The third-order valence-electron chi connectivity index (χ3n) is 5.60. The van der Waals surface area contributed by atoms with Crippen LogP contribution in [-0.4, -0.2) is 41.8 Å². The van der Waals surface area contributed by atoms with Crippen molar-refractivity contribution in [1.29, 1.82) is 0 Å². The van der Waals surface area contributed by atoms with Crippen LogP contribution in [0.2, 0.25) is 0 Å². The van der Waals surface area contributed by atoms with Crippen LogP contribution < -0.4 is 5.73 Å². The Kier molecular flexibility index (Phi) is 4.35. The summed E-state index contributed by atoms with van der Waals surface area (Å²) in [4.78, 5) is 2.44. The maximum Gasteiger partial charge on any atom is 0.0923 e. The van der Waals surface area contributed by atoms with E-state index < -0.39 is 5.60 Å². The lowest BCUT2D eigenvalue weighted by Gasteiger charge is -2.43. The van der Waals surface area contributed by atoms with Crippen molar-refractivity contribution >= 4 is 0 Å². The SMILES string of the molecule is CCC1(CC)CCN(CC(O)(CN)C2CC2)CC1. The van der Waals surface area contributed by atoms with E-state index in [9.17, 15) is 5.11 Å². The average molecular weight is 254 g/mol. The van der Waals surface area contributed by atoms with Gasteiger partial charge in [-0.3, -0.25) is 0 Å². The number of likely N-dealkylation sites (tertiary alicyclic amines) is 1. The van der Waals surface area contributed by atoms with Crippen LogP contribution >= 0.6 is 0 Å². The van der Waals surface area contributed by atoms with E-state index in [0.29, 0.717) is 17.9 Å². The molecular weight excluding hydrogens is 224 g/mol. The average Bonchev–Trinajstić information content (AvgIpc) is 3.25. The van der Waals surface area contributed by atoms with Crippen LogP contribution in [0.15, 0.2) is 0 Å². The van der Waals surface area contributed by atoms with Crippen LogP contribution in [0.5, 0.6) is 0 Å². The van der Waals surface area contributed by atoms with E-state index in [-0.39, 0.29) is 0 Å². The van der Waals surface area contributed by atoms with Crippen LogP contribution in [0.4, 0.5) is 0 Å². The Morgan fingerprint density at radius 1 is 1.22 bits per heavy atom. The van der Waals surface area contributed by atoms with Crippen molar-refractivity contribution in [3.8, 4) is 0 Å². The second-order valence-electron chi connectivity index (χ2n) is 6.57. The Hall–Kier alpha value is -0.120. The molecule has 1 unspecified atom stereocenters. The summed E-state index contributed by atoms with van der Waals surface area (Å²) >= 11 is 0. The minimum Gasteiger partial charge on any atom is -0.387 e. The van der Waals surface area contributed by atoms with Gasteiger partial charge in [-0.15, -0.1) is 0 Å². The fourth-order valence-electron chi connectivity index (χ4n) is 3.51. The molecule has 0 aromatic heterocycles. The molecule has 1 saturated heterocycles. The van der Waals surface area contributed by atoms with E-state index in [4.69, 9.17) is 5.73 Å². The maximum atomic E-state index is 10.6. The second kappa shape index (κ2) is 5.48. The number of aliphatic hydroxyl groups is 1. The van der Waals surface area contributed by atoms with Gasteiger partial charge in [-0.05, 0) is 50.1 Å². The molecule has 3 N–H and O–H groups in total. The normalized spacial score (nSPS) is 28.0. The highest BCUT2D eigenvalue weighted by molar-refractivity contribution is 4.98. The summed E-state index contributed by atoms with van der Waals surface area (Å²) in [6.45, 7) is 8.12. The van der Waals surface area contributed by atoms with E-state index in [1.807, 2.05) is 0 Å². The van der Waals surface area contributed by atoms with Gasteiger partial charge in [-0.2, -0.15) is 0 Å². The molecule has 1 aliphatic heterocycles. The summed E-state index contributed by atoms with van der Waals surface area (Å²) < 4.78 is 0. The molecule has 18 heavy (non-hydrogen) atoms. The zero-order valence-corrected chi connectivity index (χ0v) is 12.1. The van der Waals surface area contributed by atoms with Crippen molar-refractivity contribution in [3.05, 3.63) is 0 Å². The molecule has 3 nitrogen and oxygen atoms in total. The fraction of sp³-hybridized carbons (Fsp3) is 1.00. The third kappa shape index (κ3) is 2.89. The first-order chi connectivity index (χ1) is 8.57. The topological polar surface area (TPSA) is 49.5 Å². The van der Waals surface area contributed by atoms with Gasteiger partial charge in [0, 0.05) is 13.1 Å². The van der Waals surface area contributed by atoms with Crippen molar-refractivity contribution in [3.63, 3.8) is 0 Å². The van der Waals surface area contributed by atoms with Gasteiger partial charge in [0.05, 0.1) is 5.60 Å². The van der Waals surface area contributed by atoms with Gasteiger partial charge >= 0.3 is 0 Å². The van der Waals surface area contributed by atoms with E-state index in [2.05, 4.69) is 18.7 Å². The van der Waals surface area contributed by atoms with Crippen molar-refractivity contribution < 1.29 is 5.11 Å². The van der Waals surface area contributed by atoms with Crippen LogP contribution in [0.25, 0.3) is 0 Å². The predicted molar refractivity (Wildman–Crippen MR) is 75.4 cm³/mol. The molecule has 0 spiro atoms. The molecular formula is C15H30N2O. The van der Waals surface area contributed by atoms with E-state index in [1.165, 1.54) is 25.7 Å². The van der Waals surface area contributed by atoms with E-state index in [1.54, 1.807) is 0 Å². The number of piperidine rings is 1. The zero-order valence-electron chi connectivity index (χ0n) is 12.1. The van der Waals surface area contributed by atoms with Gasteiger partial charge in [-0.25, -0.2) is 0 Å². The number of hydrogen-bond acceptors (Lipinski definition) is 3. The molecule has 2 rings (SSSR count). The number of hydrogen-bond donors (Lipinski definition) is 2. The molecule has 1 atom stereocenters. The van der Waals surface area contributed by atoms with Crippen LogP contribution in [0.3, 0.4) is 0 Å². The lowest BCUT2D eigenvalue weighted by Crippen LogP contribution is -2.52. The van der Waals surface area contributed by atoms with E-state index in [0.717, 1.165) is 32.5 Å². The van der Waals surface area contributed by atoms with Crippen molar-refractivity contribution in [2.45, 2.75) is 58.0 Å². The summed E-state index contributed by atoms with van der Waals surface area (Å²) in [5.41, 5.74) is 5.75. The number of β-amino-alcohol motifs (C(OH)–C–C–N with tert-alkyl or cyclic N) is 1. The van der Waals surface area contributed by atoms with Crippen LogP contribution in [0.1, 0.15) is 52.4 Å². The molecule has 2 fully saturated rings. The van der Waals surface area contributed by atoms with Gasteiger partial charge in [0.2, 0.25) is 0 Å². The number of nitrogens with two attached hydrogens (primary N) is 1. The Morgan fingerprint density at radius 3 is 2.17 bits per heavy atom. The summed E-state index contributed by atoms with van der Waals surface area (Å²) in [6.07, 6.45) is 7.48. The monoisotopic (exact) mass is 254 g/mol. The number of nitrogens with zero attached hydrogens (tertiary/aromatic N) is 1. The molecule has 0 aromatic rings. The quantitative estimate of drug-likeness (QED) is 0.762. The smallest absolute Gasteiger partial charge is 0.0923 e. The first kappa shape index (κ1) is 14.3. The zero-order chi connectivity index (χ0) is 13.2. The summed E-state index contributed by atoms with van der Waals surface area (Å²) in [5.74, 6) is 0.464. The van der Waals surface area contributed by atoms with Gasteiger partial charge in [-0.1, -0.05) is 26.7 Å². The lowest BCUT2D eigenvalue weighted by atomic mass is 9.74. The third-order valence-corrected chi connectivity index (χ3v) is 5.60. The summed E-state index contributed by atoms with van der Waals surface area (Å²) in [6, 6.07) is 0. The minimum atomic E-state index is -0.613. The fourth-order valence-corrected chi connectivity index (χ4v) is 3.51. The summed E-state index contributed by atoms with van der Waals surface area (Å²) in [5, 5.41) is 10.6. The molecule has 0 radical (unpaired) electrons. The first-order valence-electron chi connectivity index (χ1n) is 7.72. The Labute approximate surface area is 112 Å². The van der Waals surface area contributed by atoms with Crippen molar-refractivity contribution in [1.82, 2.24) is 4.90 Å². The molecule has 0 bridgehead atoms. The Balaban J connectivity index is 1.86. The lowest BCUT2D eigenvalue weighted by molar-refractivity contribution is -0.0256. The van der Waals surface area contributed by atoms with Gasteiger partial charge in [0.25, 0.3) is 0 Å². The highest BCUT2D eigenvalue weighted by Gasteiger charge is 2.44. The largest absolute Gasteiger partial charge is 0.387 e. The van der Waals surface area contributed by atoms with Gasteiger partial charge < -0.3 is 15.7 Å². The Morgan fingerprint density at radius 2 is 1.78 bits per heavy atom. The summed E-state index contributed by atoms with van der Waals surface area (Å²) in [7, 11) is 0. The minimum absolute atomic E-state index is 0.418. The van der Waals surface area contributed by atoms with Crippen molar-refractivity contribution in [2.75, 3.05) is 26.2 Å². The highest BCUT2D eigenvalue weighted by Crippen LogP contribution is 2.42. The number of rotatable bonds is 6. The second-order valence-corrected chi connectivity index (χ2v) is 6.57. The van der Waals surface area contributed by atoms with Crippen molar-refractivity contribution in [2.24, 2.45) is 17.1 Å². The standard InChI is InChI=1S/C15H30N2O/c1-3-14(4-2)7-9-17(10-8-14)12-15(18,11-16)13-5-6-13/h13,18H,3-12,16H2,1-2H3. The van der Waals surface area contributed by atoms with Gasteiger partial charge in [0.1, 0.15) is 0 Å². The highest BCUT2D eigenvalue weighted by atomic mass is 16.3. The predicted octanol–water partition coefficient (Wildman–Crippen LogP) is 1.99. The van der Waals surface area contributed by atoms with Crippen LogP contribution in [-0.2, 0) is 0 Å². The maximum absolute atomic E-state index is 10.6.